The van der Waals surface area contributed by atoms with Crippen molar-refractivity contribution in [3.05, 3.63) is 36.3 Å². The highest BCUT2D eigenvalue weighted by Gasteiger charge is 2.39. The van der Waals surface area contributed by atoms with Crippen molar-refractivity contribution in [1.29, 1.82) is 0 Å². The summed E-state index contributed by atoms with van der Waals surface area (Å²) in [4.78, 5) is 26.5. The van der Waals surface area contributed by atoms with Crippen LogP contribution in [0, 0.1) is 0 Å². The van der Waals surface area contributed by atoms with Gasteiger partial charge in [-0.25, -0.2) is 4.98 Å². The lowest BCUT2D eigenvalue weighted by molar-refractivity contribution is 0.0558. The molecule has 1 amide bonds. The van der Waals surface area contributed by atoms with Gasteiger partial charge in [-0.05, 0) is 31.0 Å². The second-order valence-electron chi connectivity index (χ2n) is 7.75. The first-order chi connectivity index (χ1) is 15.5. The summed E-state index contributed by atoms with van der Waals surface area (Å²) in [5, 5.41) is 0.707. The summed E-state index contributed by atoms with van der Waals surface area (Å²) < 4.78 is 16.2. The second kappa shape index (κ2) is 8.94. The number of hydrogen-bond acceptors (Lipinski definition) is 8. The fourth-order valence-corrected chi connectivity index (χ4v) is 4.58. The molecule has 2 N–H and O–H groups in total. The molecule has 0 spiro atoms. The largest absolute Gasteiger partial charge is 0.493 e. The zero-order valence-corrected chi connectivity index (χ0v) is 18.9. The van der Waals surface area contributed by atoms with Gasteiger partial charge in [0.2, 0.25) is 5.95 Å². The van der Waals surface area contributed by atoms with E-state index in [4.69, 9.17) is 24.6 Å². The molecule has 1 aliphatic heterocycles. The highest BCUT2D eigenvalue weighted by Crippen LogP contribution is 2.35. The number of hydrogen-bond donors (Lipinski definition) is 1. The van der Waals surface area contributed by atoms with Crippen LogP contribution >= 0.6 is 0 Å². The molecule has 1 aliphatic rings. The van der Waals surface area contributed by atoms with Crippen LogP contribution in [0.15, 0.2) is 34.9 Å². The summed E-state index contributed by atoms with van der Waals surface area (Å²) in [5.41, 5.74) is 7.00. The van der Waals surface area contributed by atoms with E-state index in [0.29, 0.717) is 53.0 Å². The van der Waals surface area contributed by atoms with Crippen molar-refractivity contribution in [2.24, 2.45) is 0 Å². The zero-order chi connectivity index (χ0) is 22.8. The molecule has 3 aromatic rings. The first kappa shape index (κ1) is 21.7. The molecular formula is C23H29N5O4. The number of aromatic nitrogens is 2. The van der Waals surface area contributed by atoms with Crippen LogP contribution < -0.4 is 20.1 Å². The van der Waals surface area contributed by atoms with Crippen molar-refractivity contribution >= 4 is 28.6 Å². The van der Waals surface area contributed by atoms with Crippen molar-refractivity contribution in [2.45, 2.75) is 38.8 Å². The van der Waals surface area contributed by atoms with E-state index in [1.54, 1.807) is 32.4 Å². The summed E-state index contributed by atoms with van der Waals surface area (Å²) in [5.74, 6) is 2.36. The Hall–Kier alpha value is -3.49. The van der Waals surface area contributed by atoms with E-state index in [9.17, 15) is 4.79 Å². The van der Waals surface area contributed by atoms with Crippen LogP contribution in [0.4, 0.5) is 11.8 Å². The fourth-order valence-electron chi connectivity index (χ4n) is 4.58. The Kier molecular flexibility index (Phi) is 6.07. The van der Waals surface area contributed by atoms with Crippen LogP contribution in [0.3, 0.4) is 0 Å². The number of carbonyl (C=O) groups excluding carboxylic acids is 1. The van der Waals surface area contributed by atoms with Crippen LogP contribution in [-0.4, -0.2) is 60.2 Å². The van der Waals surface area contributed by atoms with E-state index in [1.165, 1.54) is 6.26 Å². The van der Waals surface area contributed by atoms with Crippen molar-refractivity contribution in [3.63, 3.8) is 0 Å². The number of carbonyl (C=O) groups is 1. The van der Waals surface area contributed by atoms with Crippen LogP contribution in [0.1, 0.15) is 37.2 Å². The maximum atomic E-state index is 13.0. The van der Waals surface area contributed by atoms with Gasteiger partial charge in [-0.1, -0.05) is 13.8 Å². The molecule has 32 heavy (non-hydrogen) atoms. The van der Waals surface area contributed by atoms with Gasteiger partial charge >= 0.3 is 0 Å². The number of benzene rings is 1. The topological polar surface area (TPSA) is 107 Å². The van der Waals surface area contributed by atoms with Gasteiger partial charge in [0, 0.05) is 24.5 Å². The molecule has 0 bridgehead atoms. The van der Waals surface area contributed by atoms with Gasteiger partial charge in [0.15, 0.2) is 17.3 Å². The Morgan fingerprint density at radius 2 is 1.84 bits per heavy atom. The molecule has 4 rings (SSSR count). The molecule has 9 heteroatoms. The highest BCUT2D eigenvalue weighted by atomic mass is 16.5. The van der Waals surface area contributed by atoms with Gasteiger partial charge in [0.1, 0.15) is 5.82 Å². The van der Waals surface area contributed by atoms with Crippen molar-refractivity contribution in [1.82, 2.24) is 14.9 Å². The Morgan fingerprint density at radius 1 is 1.12 bits per heavy atom. The Bertz CT molecular complexity index is 1100. The van der Waals surface area contributed by atoms with Crippen molar-refractivity contribution in [3.8, 4) is 11.5 Å². The Morgan fingerprint density at radius 3 is 2.47 bits per heavy atom. The molecule has 3 heterocycles. The maximum Gasteiger partial charge on any atom is 0.289 e. The van der Waals surface area contributed by atoms with Crippen molar-refractivity contribution in [2.75, 3.05) is 37.9 Å². The zero-order valence-electron chi connectivity index (χ0n) is 18.9. The number of fused-ring (bicyclic) bond motifs is 1. The number of furan rings is 1. The first-order valence-electron chi connectivity index (χ1n) is 10.8. The summed E-state index contributed by atoms with van der Waals surface area (Å²) in [6.45, 7) is 5.34. The van der Waals surface area contributed by atoms with Gasteiger partial charge in [-0.3, -0.25) is 4.79 Å². The van der Waals surface area contributed by atoms with Crippen LogP contribution in [0.5, 0.6) is 11.5 Å². The molecule has 1 fully saturated rings. The normalized spacial score (nSPS) is 18.8. The summed E-state index contributed by atoms with van der Waals surface area (Å²) in [7, 11) is 3.17. The predicted octanol–water partition coefficient (Wildman–Crippen LogP) is 3.34. The van der Waals surface area contributed by atoms with Gasteiger partial charge in [-0.2, -0.15) is 4.98 Å². The summed E-state index contributed by atoms with van der Waals surface area (Å²) in [6.07, 6.45) is 3.15. The lowest BCUT2D eigenvalue weighted by atomic mass is 9.96. The number of anilines is 2. The summed E-state index contributed by atoms with van der Waals surface area (Å²) in [6, 6.07) is 7.08. The molecule has 2 atom stereocenters. The summed E-state index contributed by atoms with van der Waals surface area (Å²) >= 11 is 0. The van der Waals surface area contributed by atoms with Crippen LogP contribution in [-0.2, 0) is 0 Å². The van der Waals surface area contributed by atoms with E-state index in [2.05, 4.69) is 23.7 Å². The lowest BCUT2D eigenvalue weighted by Gasteiger charge is -2.47. The molecule has 0 aliphatic carbocycles. The SMILES string of the molecule is CCC1[C@@H](CC)N(c2nc(N)c3cc(OC)c(OC)cc3n2)CCN1C(=O)c1ccco1. The lowest BCUT2D eigenvalue weighted by Crippen LogP contribution is -2.61. The Balaban J connectivity index is 1.70. The third kappa shape index (κ3) is 3.68. The highest BCUT2D eigenvalue weighted by molar-refractivity contribution is 5.93. The van der Waals surface area contributed by atoms with Crippen LogP contribution in [0.25, 0.3) is 10.9 Å². The number of amides is 1. The van der Waals surface area contributed by atoms with Gasteiger partial charge in [-0.15, -0.1) is 0 Å². The van der Waals surface area contributed by atoms with Gasteiger partial charge < -0.3 is 29.4 Å². The molecule has 0 saturated carbocycles. The van der Waals surface area contributed by atoms with E-state index in [-0.39, 0.29) is 18.0 Å². The van der Waals surface area contributed by atoms with E-state index in [0.717, 1.165) is 12.8 Å². The maximum absolute atomic E-state index is 13.0. The number of nitrogen functional groups attached to an aromatic ring is 1. The molecule has 1 saturated heterocycles. The molecule has 0 radical (unpaired) electrons. The molecule has 1 unspecified atom stereocenters. The third-order valence-electron chi connectivity index (χ3n) is 6.13. The first-order valence-corrected chi connectivity index (χ1v) is 10.8. The van der Waals surface area contributed by atoms with Crippen molar-refractivity contribution < 1.29 is 18.7 Å². The predicted molar refractivity (Wildman–Crippen MR) is 122 cm³/mol. The standard InChI is InChI=1S/C23H29N5O4/c1-5-16-17(6-2)28(10-9-27(16)22(29)18-8-7-11-32-18)23-25-15-13-20(31-4)19(30-3)12-14(15)21(24)26-23/h7-8,11-13,16-17H,5-6,9-10H2,1-4H3,(H2,24,25,26)/t16?,17-/m1/s1. The molecule has 1 aromatic carbocycles. The number of rotatable bonds is 6. The molecule has 9 nitrogen and oxygen atoms in total. The minimum Gasteiger partial charge on any atom is -0.493 e. The third-order valence-corrected chi connectivity index (χ3v) is 6.13. The number of ether oxygens (including phenoxy) is 2. The number of piperazine rings is 1. The number of nitrogens with two attached hydrogens (primary N) is 1. The van der Waals surface area contributed by atoms with Crippen LogP contribution in [0.2, 0.25) is 0 Å². The number of methoxy groups -OCH3 is 2. The Labute approximate surface area is 187 Å². The molecule has 170 valence electrons. The molecular weight excluding hydrogens is 410 g/mol. The molecule has 2 aromatic heterocycles. The monoisotopic (exact) mass is 439 g/mol. The minimum absolute atomic E-state index is 0.00252. The quantitative estimate of drug-likeness (QED) is 0.623. The minimum atomic E-state index is -0.0873. The van der Waals surface area contributed by atoms with E-state index >= 15 is 0 Å². The van der Waals surface area contributed by atoms with E-state index in [1.807, 2.05) is 11.0 Å². The average Bonchev–Trinajstić information content (AvgIpc) is 3.36. The van der Waals surface area contributed by atoms with E-state index < -0.39 is 0 Å². The second-order valence-corrected chi connectivity index (χ2v) is 7.75. The van der Waals surface area contributed by atoms with Gasteiger partial charge in [0.25, 0.3) is 5.91 Å². The average molecular weight is 440 g/mol. The number of nitrogens with zero attached hydrogens (tertiary/aromatic N) is 4. The smallest absolute Gasteiger partial charge is 0.289 e. The van der Waals surface area contributed by atoms with Gasteiger partial charge in [0.05, 0.1) is 38.1 Å². The fraction of sp³-hybridized carbons (Fsp3) is 0.435.